The summed E-state index contributed by atoms with van der Waals surface area (Å²) in [4.78, 5) is 16.9. The van der Waals surface area contributed by atoms with Crippen LogP contribution in [0.1, 0.15) is 44.5 Å². The van der Waals surface area contributed by atoms with E-state index in [-0.39, 0.29) is 5.78 Å². The van der Waals surface area contributed by atoms with E-state index in [1.807, 2.05) is 6.07 Å². The van der Waals surface area contributed by atoms with Crippen LogP contribution >= 0.6 is 0 Å². The second-order valence-corrected chi connectivity index (χ2v) is 15.0. The Morgan fingerprint density at radius 2 is 0.759 bits per heavy atom. The van der Waals surface area contributed by atoms with Gasteiger partial charge in [-0.1, -0.05) is 194 Å². The Balaban J connectivity index is 1.44. The quantitative estimate of drug-likeness (QED) is 0.180. The summed E-state index contributed by atoms with van der Waals surface area (Å²) in [5.74, 6) is 0.142. The molecule has 0 N–H and O–H groups in total. The van der Waals surface area contributed by atoms with E-state index in [1.165, 1.54) is 49.4 Å². The van der Waals surface area contributed by atoms with Crippen LogP contribution in [0.15, 0.2) is 194 Å². The summed E-state index contributed by atoms with van der Waals surface area (Å²) in [6, 6.07) is 69.8. The van der Waals surface area contributed by atoms with Crippen molar-refractivity contribution < 1.29 is 4.79 Å². The predicted molar refractivity (Wildman–Crippen MR) is 222 cm³/mol. The molecule has 54 heavy (non-hydrogen) atoms. The molecule has 2 atom stereocenters. The zero-order valence-corrected chi connectivity index (χ0v) is 29.4. The molecule has 4 aliphatic carbocycles. The molecule has 8 aromatic carbocycles. The van der Waals surface area contributed by atoms with Crippen LogP contribution in [0.5, 0.6) is 0 Å². The average Bonchev–Trinajstić information content (AvgIpc) is 3.80. The third kappa shape index (κ3) is 3.35. The number of hydrogen-bond acceptors (Lipinski definition) is 1. The molecule has 1 spiro atoms. The summed E-state index contributed by atoms with van der Waals surface area (Å²) in [5.41, 5.74) is 13.4. The van der Waals surface area contributed by atoms with Crippen molar-refractivity contribution >= 4 is 60.8 Å². The molecule has 250 valence electrons. The SMILES string of the molecule is O=C1C(c2ccccc2)=C2c3cccc4cccc(c34)C23C(c2ccccc2)=C2C(=C(c4ccccc4)C13c1ccccc1)c1cccc3cccc2c13. The van der Waals surface area contributed by atoms with Gasteiger partial charge in [0.25, 0.3) is 0 Å². The molecule has 0 saturated heterocycles. The Labute approximate surface area is 313 Å². The molecule has 1 heteroatoms. The zero-order valence-electron chi connectivity index (χ0n) is 29.4. The van der Waals surface area contributed by atoms with Crippen LogP contribution in [-0.2, 0) is 15.6 Å². The number of hydrogen-bond donors (Lipinski definition) is 0. The van der Waals surface area contributed by atoms with Crippen LogP contribution in [-0.4, -0.2) is 5.78 Å². The molecule has 0 amide bonds. The van der Waals surface area contributed by atoms with Gasteiger partial charge in [0, 0.05) is 5.57 Å². The van der Waals surface area contributed by atoms with Crippen molar-refractivity contribution in [3.63, 3.8) is 0 Å². The van der Waals surface area contributed by atoms with E-state index in [9.17, 15) is 0 Å². The fourth-order valence-electron chi connectivity index (χ4n) is 11.0. The van der Waals surface area contributed by atoms with Crippen molar-refractivity contribution in [1.29, 1.82) is 0 Å². The largest absolute Gasteiger partial charge is 0.293 e. The van der Waals surface area contributed by atoms with E-state index >= 15 is 4.79 Å². The van der Waals surface area contributed by atoms with Gasteiger partial charge in [-0.05, 0) is 93.9 Å². The smallest absolute Gasteiger partial charge is 0.180 e. The Hall–Kier alpha value is -6.83. The number of carbonyl (C=O) groups excluding carboxylic acids is 1. The summed E-state index contributed by atoms with van der Waals surface area (Å²) in [7, 11) is 0. The molecular weight excluding hydrogens is 653 g/mol. The fourth-order valence-corrected chi connectivity index (χ4v) is 11.0. The van der Waals surface area contributed by atoms with E-state index < -0.39 is 10.8 Å². The highest BCUT2D eigenvalue weighted by Crippen LogP contribution is 2.78. The third-order valence-corrected chi connectivity index (χ3v) is 12.7. The van der Waals surface area contributed by atoms with Gasteiger partial charge in [0.2, 0.25) is 0 Å². The number of ketones is 1. The number of carbonyl (C=O) groups is 1. The van der Waals surface area contributed by atoms with Crippen LogP contribution in [0.3, 0.4) is 0 Å². The van der Waals surface area contributed by atoms with Crippen LogP contribution in [0.2, 0.25) is 0 Å². The van der Waals surface area contributed by atoms with E-state index in [0.717, 1.165) is 50.1 Å². The molecule has 2 unspecified atom stereocenters. The van der Waals surface area contributed by atoms with Crippen molar-refractivity contribution in [2.24, 2.45) is 0 Å². The Bertz CT molecular complexity index is 3010. The summed E-state index contributed by atoms with van der Waals surface area (Å²) in [6.07, 6.45) is 0. The highest BCUT2D eigenvalue weighted by Gasteiger charge is 2.74. The zero-order chi connectivity index (χ0) is 35.6. The summed E-state index contributed by atoms with van der Waals surface area (Å²) in [6.45, 7) is 0. The molecule has 8 aromatic rings. The van der Waals surface area contributed by atoms with Gasteiger partial charge >= 0.3 is 0 Å². The van der Waals surface area contributed by atoms with E-state index in [4.69, 9.17) is 0 Å². The van der Waals surface area contributed by atoms with Crippen molar-refractivity contribution in [3.8, 4) is 0 Å². The number of fused-ring (bicyclic) bond motifs is 4. The monoisotopic (exact) mass is 684 g/mol. The second-order valence-electron chi connectivity index (χ2n) is 15.0. The number of allylic oxidation sites excluding steroid dienone is 6. The standard InChI is InChI=1S/C53H32O/c54-51-45(35-17-5-1-6-18-35)50-41-31-15-25-34-26-16-32-42(44(34)41)53(50)49(37-21-9-3-10-22-37)47-40-30-14-24-33-23-13-29-39(43(33)40)46(47)48(36-19-7-2-8-20-36)52(51,53)38-27-11-4-12-28-38/h1-32H. The molecule has 0 fully saturated rings. The van der Waals surface area contributed by atoms with Gasteiger partial charge in [-0.3, -0.25) is 4.79 Å². The lowest BCUT2D eigenvalue weighted by atomic mass is 9.46. The average molecular weight is 685 g/mol. The maximum atomic E-state index is 16.9. The van der Waals surface area contributed by atoms with Gasteiger partial charge in [0.1, 0.15) is 5.41 Å². The molecule has 0 radical (unpaired) electrons. The van der Waals surface area contributed by atoms with Gasteiger partial charge in [0.05, 0.1) is 5.41 Å². The Kier molecular flexibility index (Phi) is 5.85. The van der Waals surface area contributed by atoms with Gasteiger partial charge in [-0.2, -0.15) is 0 Å². The van der Waals surface area contributed by atoms with E-state index in [0.29, 0.717) is 0 Å². The summed E-state index contributed by atoms with van der Waals surface area (Å²) < 4.78 is 0. The first-order valence-corrected chi connectivity index (χ1v) is 18.8. The minimum atomic E-state index is -1.18. The molecule has 0 aliphatic heterocycles. The van der Waals surface area contributed by atoms with Gasteiger partial charge in [0.15, 0.2) is 5.78 Å². The Morgan fingerprint density at radius 3 is 1.31 bits per heavy atom. The van der Waals surface area contributed by atoms with E-state index in [2.05, 4.69) is 188 Å². The maximum Gasteiger partial charge on any atom is 0.180 e. The van der Waals surface area contributed by atoms with Crippen LogP contribution < -0.4 is 0 Å². The second kappa shape index (κ2) is 10.6. The van der Waals surface area contributed by atoms with Gasteiger partial charge in [-0.15, -0.1) is 0 Å². The molecule has 1 nitrogen and oxygen atoms in total. The summed E-state index contributed by atoms with van der Waals surface area (Å²) in [5, 5.41) is 4.88. The highest BCUT2D eigenvalue weighted by atomic mass is 16.1. The normalized spacial score (nSPS) is 20.6. The van der Waals surface area contributed by atoms with Crippen molar-refractivity contribution in [3.05, 3.63) is 239 Å². The van der Waals surface area contributed by atoms with Crippen molar-refractivity contribution in [2.75, 3.05) is 0 Å². The molecular formula is C53H32O. The minimum Gasteiger partial charge on any atom is -0.293 e. The fraction of sp³-hybridized carbons (Fsp3) is 0.0377. The number of rotatable bonds is 4. The number of Topliss-reactive ketones (excluding diaryl/α,β-unsaturated/α-hetero) is 1. The van der Waals surface area contributed by atoms with Gasteiger partial charge in [-0.25, -0.2) is 0 Å². The molecule has 0 bridgehead atoms. The van der Waals surface area contributed by atoms with Crippen LogP contribution in [0.4, 0.5) is 0 Å². The Morgan fingerprint density at radius 1 is 0.315 bits per heavy atom. The first kappa shape index (κ1) is 29.7. The molecule has 0 heterocycles. The predicted octanol–water partition coefficient (Wildman–Crippen LogP) is 12.2. The van der Waals surface area contributed by atoms with Crippen LogP contribution in [0, 0.1) is 0 Å². The third-order valence-electron chi connectivity index (χ3n) is 12.7. The lowest BCUT2D eigenvalue weighted by molar-refractivity contribution is -0.117. The minimum absolute atomic E-state index is 0.142. The molecule has 4 aliphatic rings. The molecule has 0 saturated carbocycles. The maximum absolute atomic E-state index is 16.9. The van der Waals surface area contributed by atoms with E-state index in [1.54, 1.807) is 0 Å². The molecule has 0 aromatic heterocycles. The lowest BCUT2D eigenvalue weighted by Crippen LogP contribution is -2.53. The highest BCUT2D eigenvalue weighted by molar-refractivity contribution is 6.51. The summed E-state index contributed by atoms with van der Waals surface area (Å²) >= 11 is 0. The first-order valence-electron chi connectivity index (χ1n) is 18.8. The first-order chi connectivity index (χ1) is 26.8. The topological polar surface area (TPSA) is 17.1 Å². The number of benzene rings is 8. The molecule has 12 rings (SSSR count). The van der Waals surface area contributed by atoms with Crippen molar-refractivity contribution in [1.82, 2.24) is 0 Å². The van der Waals surface area contributed by atoms with Crippen molar-refractivity contribution in [2.45, 2.75) is 10.8 Å². The van der Waals surface area contributed by atoms with Gasteiger partial charge < -0.3 is 0 Å². The van der Waals surface area contributed by atoms with Crippen LogP contribution in [0.25, 0.3) is 55.0 Å². The lowest BCUT2D eigenvalue weighted by Gasteiger charge is -2.53.